The van der Waals surface area contributed by atoms with Crippen molar-refractivity contribution in [2.45, 2.75) is 13.3 Å². The summed E-state index contributed by atoms with van der Waals surface area (Å²) in [7, 11) is 1.56. The summed E-state index contributed by atoms with van der Waals surface area (Å²) in [5.74, 6) is 0.506. The second-order valence-corrected chi connectivity index (χ2v) is 4.47. The van der Waals surface area contributed by atoms with Gasteiger partial charge in [-0.15, -0.1) is 0 Å². The zero-order valence-electron chi connectivity index (χ0n) is 9.50. The number of carbonyl (C=O) groups is 1. The summed E-state index contributed by atoms with van der Waals surface area (Å²) in [6.45, 7) is 2.32. The molecule has 4 heteroatoms. The van der Waals surface area contributed by atoms with E-state index >= 15 is 0 Å². The molecule has 1 atom stereocenters. The molecule has 1 aromatic rings. The lowest BCUT2D eigenvalue weighted by Crippen LogP contribution is -2.23. The number of benzene rings is 1. The van der Waals surface area contributed by atoms with Gasteiger partial charge in [-0.05, 0) is 24.6 Å². The van der Waals surface area contributed by atoms with E-state index in [2.05, 4.69) is 15.9 Å². The van der Waals surface area contributed by atoms with E-state index in [1.54, 1.807) is 19.2 Å². The summed E-state index contributed by atoms with van der Waals surface area (Å²) in [6, 6.07) is 5.40. The average molecular weight is 286 g/mol. The highest BCUT2D eigenvalue weighted by molar-refractivity contribution is 9.10. The Morgan fingerprint density at radius 3 is 2.75 bits per heavy atom. The highest BCUT2D eigenvalue weighted by Crippen LogP contribution is 2.26. The largest absolute Gasteiger partial charge is 0.496 e. The molecule has 1 aromatic carbocycles. The molecule has 1 rings (SSSR count). The maximum atomic E-state index is 12.2. The average Bonchev–Trinajstić information content (AvgIpc) is 2.30. The van der Waals surface area contributed by atoms with Gasteiger partial charge in [-0.3, -0.25) is 4.79 Å². The maximum absolute atomic E-state index is 12.2. The second-order valence-electron chi connectivity index (χ2n) is 3.55. The molecule has 0 saturated carbocycles. The first-order valence-corrected chi connectivity index (χ1v) is 6.01. The molecule has 0 aliphatic carbocycles. The van der Waals surface area contributed by atoms with Crippen molar-refractivity contribution in [3.8, 4) is 5.75 Å². The number of ether oxygens (including phenoxy) is 1. The number of carbonyl (C=O) groups excluding carboxylic acids is 1. The predicted octanol–water partition coefficient (Wildman–Crippen LogP) is 2.63. The predicted molar refractivity (Wildman–Crippen MR) is 67.9 cm³/mol. The van der Waals surface area contributed by atoms with Crippen LogP contribution in [0.2, 0.25) is 0 Å². The van der Waals surface area contributed by atoms with Gasteiger partial charge >= 0.3 is 0 Å². The Labute approximate surface area is 104 Å². The topological polar surface area (TPSA) is 52.3 Å². The summed E-state index contributed by atoms with van der Waals surface area (Å²) in [4.78, 5) is 12.2. The minimum atomic E-state index is -0.136. The lowest BCUT2D eigenvalue weighted by molar-refractivity contribution is 0.0918. The molecule has 88 valence electrons. The number of nitrogens with two attached hydrogens (primary N) is 1. The normalized spacial score (nSPS) is 12.2. The van der Waals surface area contributed by atoms with Gasteiger partial charge in [0.25, 0.3) is 0 Å². The molecule has 0 bridgehead atoms. The van der Waals surface area contributed by atoms with E-state index in [1.165, 1.54) is 0 Å². The summed E-state index contributed by atoms with van der Waals surface area (Å²) in [5, 5.41) is 0. The lowest BCUT2D eigenvalue weighted by atomic mass is 9.95. The van der Waals surface area contributed by atoms with Crippen molar-refractivity contribution in [3.63, 3.8) is 0 Å². The van der Waals surface area contributed by atoms with Crippen molar-refractivity contribution >= 4 is 21.7 Å². The fourth-order valence-electron chi connectivity index (χ4n) is 1.55. The number of hydrogen-bond acceptors (Lipinski definition) is 3. The van der Waals surface area contributed by atoms with E-state index in [4.69, 9.17) is 10.5 Å². The molecule has 2 N–H and O–H groups in total. The van der Waals surface area contributed by atoms with Crippen molar-refractivity contribution in [2.75, 3.05) is 13.7 Å². The molecular formula is C12H16BrNO2. The van der Waals surface area contributed by atoms with E-state index in [0.717, 1.165) is 10.9 Å². The van der Waals surface area contributed by atoms with Crippen LogP contribution in [0.4, 0.5) is 0 Å². The Morgan fingerprint density at radius 2 is 2.25 bits per heavy atom. The third-order valence-electron chi connectivity index (χ3n) is 2.58. The number of rotatable bonds is 5. The number of Topliss-reactive ketones (excluding diaryl/α,β-unsaturated/α-hetero) is 1. The van der Waals surface area contributed by atoms with Crippen molar-refractivity contribution in [2.24, 2.45) is 11.7 Å². The molecule has 0 aromatic heterocycles. The van der Waals surface area contributed by atoms with E-state index in [9.17, 15) is 4.79 Å². The van der Waals surface area contributed by atoms with Crippen LogP contribution in [0.25, 0.3) is 0 Å². The van der Waals surface area contributed by atoms with Crippen LogP contribution < -0.4 is 10.5 Å². The van der Waals surface area contributed by atoms with Gasteiger partial charge in [-0.2, -0.15) is 0 Å². The van der Waals surface area contributed by atoms with Gasteiger partial charge in [-0.1, -0.05) is 22.9 Å². The summed E-state index contributed by atoms with van der Waals surface area (Å²) in [5.41, 5.74) is 6.17. The quantitative estimate of drug-likeness (QED) is 0.846. The van der Waals surface area contributed by atoms with Gasteiger partial charge in [-0.25, -0.2) is 0 Å². The van der Waals surface area contributed by atoms with E-state index < -0.39 is 0 Å². The van der Waals surface area contributed by atoms with Crippen molar-refractivity contribution in [3.05, 3.63) is 28.2 Å². The van der Waals surface area contributed by atoms with Crippen molar-refractivity contribution in [1.29, 1.82) is 0 Å². The van der Waals surface area contributed by atoms with Gasteiger partial charge in [0.15, 0.2) is 5.78 Å². The first kappa shape index (κ1) is 13.2. The van der Waals surface area contributed by atoms with Gasteiger partial charge < -0.3 is 10.5 Å². The fourth-order valence-corrected chi connectivity index (χ4v) is 1.91. The maximum Gasteiger partial charge on any atom is 0.170 e. The molecular weight excluding hydrogens is 270 g/mol. The molecule has 0 saturated heterocycles. The SMILES string of the molecule is CCC(CN)C(=O)c1cc(Br)ccc1OC. The van der Waals surface area contributed by atoms with E-state index in [-0.39, 0.29) is 11.7 Å². The van der Waals surface area contributed by atoms with Gasteiger partial charge in [0.1, 0.15) is 5.75 Å². The molecule has 0 radical (unpaired) electrons. The molecule has 0 aliphatic heterocycles. The lowest BCUT2D eigenvalue weighted by Gasteiger charge is -2.14. The third kappa shape index (κ3) is 2.83. The molecule has 0 aliphatic rings. The van der Waals surface area contributed by atoms with E-state index in [0.29, 0.717) is 17.9 Å². The third-order valence-corrected chi connectivity index (χ3v) is 3.07. The molecule has 0 spiro atoms. The van der Waals surface area contributed by atoms with Crippen LogP contribution >= 0.6 is 15.9 Å². The van der Waals surface area contributed by atoms with Gasteiger partial charge in [0.05, 0.1) is 12.7 Å². The number of ketones is 1. The van der Waals surface area contributed by atoms with Crippen LogP contribution in [0.3, 0.4) is 0 Å². The standard InChI is InChI=1S/C12H16BrNO2/c1-3-8(7-14)12(15)10-6-9(13)4-5-11(10)16-2/h4-6,8H,3,7,14H2,1-2H3. The highest BCUT2D eigenvalue weighted by Gasteiger charge is 2.20. The summed E-state index contributed by atoms with van der Waals surface area (Å²) < 4.78 is 6.04. The minimum absolute atomic E-state index is 0.0446. The fraction of sp³-hybridized carbons (Fsp3) is 0.417. The van der Waals surface area contributed by atoms with Crippen LogP contribution in [0.1, 0.15) is 23.7 Å². The zero-order chi connectivity index (χ0) is 12.1. The summed E-state index contributed by atoms with van der Waals surface area (Å²) >= 11 is 3.35. The van der Waals surface area contributed by atoms with Crippen LogP contribution in [0.5, 0.6) is 5.75 Å². The van der Waals surface area contributed by atoms with Crippen LogP contribution in [-0.2, 0) is 0 Å². The zero-order valence-corrected chi connectivity index (χ0v) is 11.1. The van der Waals surface area contributed by atoms with Crippen molar-refractivity contribution in [1.82, 2.24) is 0 Å². The van der Waals surface area contributed by atoms with Crippen LogP contribution in [-0.4, -0.2) is 19.4 Å². The molecule has 16 heavy (non-hydrogen) atoms. The minimum Gasteiger partial charge on any atom is -0.496 e. The molecule has 0 fully saturated rings. The Hall–Kier alpha value is -0.870. The second kappa shape index (κ2) is 6.01. The first-order valence-electron chi connectivity index (χ1n) is 5.21. The Bertz CT molecular complexity index is 375. The molecule has 1 unspecified atom stereocenters. The smallest absolute Gasteiger partial charge is 0.170 e. The van der Waals surface area contributed by atoms with Crippen LogP contribution in [0.15, 0.2) is 22.7 Å². The first-order chi connectivity index (χ1) is 7.63. The Kier molecular flexibility index (Phi) is 4.96. The Morgan fingerprint density at radius 1 is 1.56 bits per heavy atom. The number of hydrogen-bond donors (Lipinski definition) is 1. The van der Waals surface area contributed by atoms with Crippen molar-refractivity contribution < 1.29 is 9.53 Å². The number of halogens is 1. The Balaban J connectivity index is 3.10. The van der Waals surface area contributed by atoms with Gasteiger partial charge in [0.2, 0.25) is 0 Å². The molecule has 0 amide bonds. The monoisotopic (exact) mass is 285 g/mol. The van der Waals surface area contributed by atoms with Crippen LogP contribution in [0, 0.1) is 5.92 Å². The van der Waals surface area contributed by atoms with E-state index in [1.807, 2.05) is 13.0 Å². The number of methoxy groups -OCH3 is 1. The summed E-state index contributed by atoms with van der Waals surface area (Å²) in [6.07, 6.45) is 0.741. The highest BCUT2D eigenvalue weighted by atomic mass is 79.9. The molecule has 3 nitrogen and oxygen atoms in total. The van der Waals surface area contributed by atoms with Gasteiger partial charge in [0, 0.05) is 16.9 Å². The molecule has 0 heterocycles.